The molecular weight excluding hydrogens is 500 g/mol. The van der Waals surface area contributed by atoms with Crippen LogP contribution in [-0.4, -0.2) is 29.9 Å². The number of esters is 1. The number of benzene rings is 2. The van der Waals surface area contributed by atoms with Gasteiger partial charge in [-0.2, -0.15) is 0 Å². The monoisotopic (exact) mass is 542 g/mol. The number of carbonyl (C=O) groups excluding carboxylic acids is 1. The lowest BCUT2D eigenvalue weighted by atomic mass is 10.1. The van der Waals surface area contributed by atoms with E-state index >= 15 is 0 Å². The van der Waals surface area contributed by atoms with Crippen molar-refractivity contribution in [1.29, 1.82) is 0 Å². The van der Waals surface area contributed by atoms with Crippen LogP contribution < -0.4 is 0 Å². The fraction of sp³-hybridized carbons (Fsp3) is 0.452. The van der Waals surface area contributed by atoms with Gasteiger partial charge in [-0.3, -0.25) is 4.79 Å². The molecular formula is C31H42O4S2. The molecule has 2 rings (SSSR count). The van der Waals surface area contributed by atoms with Crippen LogP contribution in [0.25, 0.3) is 0 Å². The zero-order valence-electron chi connectivity index (χ0n) is 22.7. The molecule has 2 unspecified atom stereocenters. The van der Waals surface area contributed by atoms with E-state index in [1.54, 1.807) is 23.5 Å². The van der Waals surface area contributed by atoms with E-state index in [2.05, 4.69) is 65.1 Å². The second-order valence-corrected chi connectivity index (χ2v) is 12.0. The summed E-state index contributed by atoms with van der Waals surface area (Å²) in [6.07, 6.45) is 2.87. The van der Waals surface area contributed by atoms with Crippen molar-refractivity contribution in [2.45, 2.75) is 73.7 Å². The molecule has 0 aliphatic carbocycles. The van der Waals surface area contributed by atoms with Crippen LogP contribution in [0.2, 0.25) is 0 Å². The number of carbonyl (C=O) groups is 1. The van der Waals surface area contributed by atoms with Crippen LogP contribution >= 0.6 is 23.5 Å². The van der Waals surface area contributed by atoms with E-state index in [9.17, 15) is 4.79 Å². The number of thioether (sulfide) groups is 2. The fourth-order valence-electron chi connectivity index (χ4n) is 3.60. The van der Waals surface area contributed by atoms with Crippen molar-refractivity contribution in [3.05, 3.63) is 85.3 Å². The Bertz CT molecular complexity index is 944. The largest absolute Gasteiger partial charge is 0.471 e. The Hall–Kier alpha value is -2.15. The van der Waals surface area contributed by atoms with Gasteiger partial charge in [-0.25, -0.2) is 0 Å². The zero-order valence-corrected chi connectivity index (χ0v) is 24.3. The number of hydrogen-bond donors (Lipinski definition) is 0. The second kappa shape index (κ2) is 17.4. The third-order valence-electron chi connectivity index (χ3n) is 5.60. The summed E-state index contributed by atoms with van der Waals surface area (Å²) >= 11 is 3.44. The molecule has 0 aliphatic rings. The maximum atomic E-state index is 12.3. The average Bonchev–Trinajstić information content (AvgIpc) is 2.88. The van der Waals surface area contributed by atoms with Gasteiger partial charge in [0.25, 0.3) is 0 Å². The summed E-state index contributed by atoms with van der Waals surface area (Å²) < 4.78 is 17.0. The minimum atomic E-state index is -0.222. The molecule has 37 heavy (non-hydrogen) atoms. The minimum Gasteiger partial charge on any atom is -0.471 e. The maximum Gasteiger partial charge on any atom is 0.310 e. The predicted octanol–water partition coefficient (Wildman–Crippen LogP) is 8.74. The molecule has 0 saturated heterocycles. The Kier molecular flexibility index (Phi) is 14.6. The van der Waals surface area contributed by atoms with E-state index in [1.807, 2.05) is 36.4 Å². The minimum absolute atomic E-state index is 0.0240. The molecule has 2 aromatic carbocycles. The summed E-state index contributed by atoms with van der Waals surface area (Å²) in [5.74, 6) is 1.73. The predicted molar refractivity (Wildman–Crippen MR) is 157 cm³/mol. The molecule has 2 aromatic rings. The molecule has 0 aromatic heterocycles. The van der Waals surface area contributed by atoms with Gasteiger partial charge in [0.05, 0.1) is 17.1 Å². The number of unbranched alkanes of at least 4 members (excludes halogenated alkanes) is 2. The molecule has 0 spiro atoms. The second-order valence-electron chi connectivity index (χ2n) is 9.58. The van der Waals surface area contributed by atoms with E-state index in [0.717, 1.165) is 29.9 Å². The van der Waals surface area contributed by atoms with Crippen LogP contribution in [0.1, 0.15) is 53.4 Å². The fourth-order valence-corrected chi connectivity index (χ4v) is 5.74. The average molecular weight is 543 g/mol. The topological polar surface area (TPSA) is 44.8 Å². The molecule has 0 N–H and O–H groups in total. The first-order valence-electron chi connectivity index (χ1n) is 13.0. The van der Waals surface area contributed by atoms with Gasteiger partial charge < -0.3 is 14.2 Å². The maximum absolute atomic E-state index is 12.3. The first-order chi connectivity index (χ1) is 17.8. The summed E-state index contributed by atoms with van der Waals surface area (Å²) in [6, 6.07) is 20.4. The number of rotatable bonds is 18. The molecule has 0 saturated carbocycles. The molecule has 0 aliphatic heterocycles. The molecule has 0 heterocycles. The normalized spacial score (nSPS) is 12.8. The molecule has 2 atom stereocenters. The van der Waals surface area contributed by atoms with Gasteiger partial charge in [0.2, 0.25) is 0 Å². The van der Waals surface area contributed by atoms with Crippen LogP contribution in [0, 0.1) is 11.8 Å². The van der Waals surface area contributed by atoms with Crippen molar-refractivity contribution in [2.24, 2.45) is 11.8 Å². The molecule has 202 valence electrons. The third-order valence-corrected chi connectivity index (χ3v) is 8.81. The highest BCUT2D eigenvalue weighted by atomic mass is 32.2. The van der Waals surface area contributed by atoms with Crippen molar-refractivity contribution < 1.29 is 19.0 Å². The van der Waals surface area contributed by atoms with Crippen molar-refractivity contribution >= 4 is 29.5 Å². The van der Waals surface area contributed by atoms with Gasteiger partial charge in [-0.15, -0.1) is 23.5 Å². The van der Waals surface area contributed by atoms with Gasteiger partial charge in [-0.05, 0) is 48.9 Å². The van der Waals surface area contributed by atoms with Gasteiger partial charge >= 0.3 is 5.97 Å². The van der Waals surface area contributed by atoms with E-state index in [4.69, 9.17) is 14.2 Å². The lowest BCUT2D eigenvalue weighted by Crippen LogP contribution is -2.18. The van der Waals surface area contributed by atoms with Gasteiger partial charge in [0.1, 0.15) is 11.5 Å². The zero-order chi connectivity index (χ0) is 27.0. The van der Waals surface area contributed by atoms with Crippen LogP contribution in [0.3, 0.4) is 0 Å². The first kappa shape index (κ1) is 31.1. The number of ether oxygens (including phenoxy) is 3. The first-order valence-corrected chi connectivity index (χ1v) is 14.8. The Balaban J connectivity index is 1.59. The highest BCUT2D eigenvalue weighted by Gasteiger charge is 2.22. The van der Waals surface area contributed by atoms with Crippen molar-refractivity contribution in [1.82, 2.24) is 0 Å². The summed E-state index contributed by atoms with van der Waals surface area (Å²) in [6.45, 7) is 17.5. The number of hydrogen-bond acceptors (Lipinski definition) is 6. The Morgan fingerprint density at radius 3 is 1.78 bits per heavy atom. The summed E-state index contributed by atoms with van der Waals surface area (Å²) in [5.41, 5.74) is 0. The Labute approximate surface area is 232 Å². The highest BCUT2D eigenvalue weighted by molar-refractivity contribution is 8.00. The lowest BCUT2D eigenvalue weighted by molar-refractivity contribution is -0.139. The van der Waals surface area contributed by atoms with Crippen molar-refractivity contribution in [3.63, 3.8) is 0 Å². The summed E-state index contributed by atoms with van der Waals surface area (Å²) in [5, 5.41) is 0.184. The Morgan fingerprint density at radius 2 is 1.27 bits per heavy atom. The lowest BCUT2D eigenvalue weighted by Gasteiger charge is -2.23. The van der Waals surface area contributed by atoms with Gasteiger partial charge in [0.15, 0.2) is 6.79 Å². The van der Waals surface area contributed by atoms with E-state index in [0.29, 0.717) is 30.6 Å². The van der Waals surface area contributed by atoms with E-state index in [-0.39, 0.29) is 23.3 Å². The standard InChI is InChI=1S/C31H42O4S2/c1-23(2)30(36-27-16-10-7-11-17-27)25(5)34-22-33-21-15-9-14-20-29(32)35-26(6)31(24(3)4)37-28-18-12-8-13-19-28/h7-8,10-13,16-19,23-24,30-31H,5-6,9,14-15,20-22H2,1-4H3. The smallest absolute Gasteiger partial charge is 0.310 e. The van der Waals surface area contributed by atoms with Crippen molar-refractivity contribution in [2.75, 3.05) is 13.4 Å². The quantitative estimate of drug-likeness (QED) is 0.0617. The SMILES string of the molecule is C=C(OCOCCCCCC(=O)OC(=C)C(Sc1ccccc1)C(C)C)C(Sc1ccccc1)C(C)C. The highest BCUT2D eigenvalue weighted by Crippen LogP contribution is 2.34. The third kappa shape index (κ3) is 12.3. The molecule has 0 fully saturated rings. The van der Waals surface area contributed by atoms with E-state index in [1.165, 1.54) is 4.90 Å². The van der Waals surface area contributed by atoms with Gasteiger partial charge in [-0.1, -0.05) is 83.7 Å². The summed E-state index contributed by atoms with van der Waals surface area (Å²) in [7, 11) is 0. The van der Waals surface area contributed by atoms with Crippen LogP contribution in [-0.2, 0) is 19.0 Å². The van der Waals surface area contributed by atoms with Gasteiger partial charge in [0, 0.05) is 16.2 Å². The Morgan fingerprint density at radius 1 is 0.757 bits per heavy atom. The van der Waals surface area contributed by atoms with Crippen LogP contribution in [0.4, 0.5) is 0 Å². The molecule has 6 heteroatoms. The summed E-state index contributed by atoms with van der Waals surface area (Å²) in [4.78, 5) is 14.7. The molecule has 4 nitrogen and oxygen atoms in total. The molecule has 0 radical (unpaired) electrons. The van der Waals surface area contributed by atoms with Crippen LogP contribution in [0.15, 0.2) is 95.1 Å². The van der Waals surface area contributed by atoms with Crippen LogP contribution in [0.5, 0.6) is 0 Å². The van der Waals surface area contributed by atoms with Crippen molar-refractivity contribution in [3.8, 4) is 0 Å². The molecule has 0 bridgehead atoms. The molecule has 0 amide bonds. The van der Waals surface area contributed by atoms with E-state index < -0.39 is 0 Å².